The predicted octanol–water partition coefficient (Wildman–Crippen LogP) is 3.38. The number of para-hydroxylation sites is 1. The quantitative estimate of drug-likeness (QED) is 0.891. The van der Waals surface area contributed by atoms with Gasteiger partial charge in [0.05, 0.1) is 10.1 Å². The summed E-state index contributed by atoms with van der Waals surface area (Å²) in [6, 6.07) is 7.65. The zero-order valence-corrected chi connectivity index (χ0v) is 10.8. The minimum Gasteiger partial charge on any atom is -0.489 e. The van der Waals surface area contributed by atoms with Gasteiger partial charge in [0.25, 0.3) is 0 Å². The third-order valence-corrected chi connectivity index (χ3v) is 3.30. The van der Waals surface area contributed by atoms with E-state index in [0.717, 1.165) is 10.2 Å². The average Bonchev–Trinajstić information content (AvgIpc) is 2.28. The van der Waals surface area contributed by atoms with Crippen molar-refractivity contribution in [2.45, 2.75) is 32.3 Å². The fraction of sp³-hybridized carbons (Fsp3) is 0.500. The van der Waals surface area contributed by atoms with E-state index in [-0.39, 0.29) is 0 Å². The van der Waals surface area contributed by atoms with Crippen LogP contribution in [-0.4, -0.2) is 17.3 Å². The molecule has 0 amide bonds. The Bertz CT molecular complexity index is 308. The van der Waals surface area contributed by atoms with Gasteiger partial charge in [-0.1, -0.05) is 26.0 Å². The fourth-order valence-electron chi connectivity index (χ4n) is 1.23. The summed E-state index contributed by atoms with van der Waals surface area (Å²) in [5.74, 6) is 0.776. The first kappa shape index (κ1) is 12.5. The van der Waals surface area contributed by atoms with E-state index in [9.17, 15) is 5.11 Å². The SMILES string of the molecule is CCC(O)(CC)COc1ccccc1Br. The largest absolute Gasteiger partial charge is 0.489 e. The lowest BCUT2D eigenvalue weighted by Gasteiger charge is -2.25. The Morgan fingerprint density at radius 3 is 2.40 bits per heavy atom. The van der Waals surface area contributed by atoms with Crippen molar-refractivity contribution in [2.24, 2.45) is 0 Å². The molecule has 0 aliphatic rings. The molecule has 0 atom stereocenters. The molecule has 3 heteroatoms. The molecule has 0 aliphatic carbocycles. The van der Waals surface area contributed by atoms with Crippen LogP contribution in [0.3, 0.4) is 0 Å². The van der Waals surface area contributed by atoms with Crippen LogP contribution in [0.4, 0.5) is 0 Å². The zero-order chi connectivity index (χ0) is 11.3. The zero-order valence-electron chi connectivity index (χ0n) is 9.16. The van der Waals surface area contributed by atoms with E-state index in [2.05, 4.69) is 15.9 Å². The summed E-state index contributed by atoms with van der Waals surface area (Å²) in [6.07, 6.45) is 1.40. The van der Waals surface area contributed by atoms with Crippen molar-refractivity contribution in [3.63, 3.8) is 0 Å². The topological polar surface area (TPSA) is 29.5 Å². The van der Waals surface area contributed by atoms with E-state index in [1.165, 1.54) is 0 Å². The molecule has 1 N–H and O–H groups in total. The van der Waals surface area contributed by atoms with Crippen molar-refractivity contribution in [1.29, 1.82) is 0 Å². The maximum Gasteiger partial charge on any atom is 0.133 e. The van der Waals surface area contributed by atoms with Crippen LogP contribution < -0.4 is 4.74 Å². The molecule has 0 spiro atoms. The normalized spacial score (nSPS) is 11.5. The molecule has 0 radical (unpaired) electrons. The third-order valence-electron chi connectivity index (χ3n) is 2.65. The van der Waals surface area contributed by atoms with E-state index >= 15 is 0 Å². The molecule has 0 bridgehead atoms. The molecule has 84 valence electrons. The van der Waals surface area contributed by atoms with Crippen LogP contribution in [0, 0.1) is 0 Å². The smallest absolute Gasteiger partial charge is 0.133 e. The molecule has 1 rings (SSSR count). The molecule has 0 fully saturated rings. The molecule has 1 aromatic carbocycles. The minimum absolute atomic E-state index is 0.336. The minimum atomic E-state index is -0.713. The monoisotopic (exact) mass is 272 g/mol. The summed E-state index contributed by atoms with van der Waals surface area (Å²) in [5.41, 5.74) is -0.713. The van der Waals surface area contributed by atoms with Crippen LogP contribution in [0.15, 0.2) is 28.7 Å². The van der Waals surface area contributed by atoms with Gasteiger partial charge in [-0.15, -0.1) is 0 Å². The first-order chi connectivity index (χ1) is 7.11. The molecule has 0 heterocycles. The molecular weight excluding hydrogens is 256 g/mol. The standard InChI is InChI=1S/C12H17BrO2/c1-3-12(14,4-2)9-15-11-8-6-5-7-10(11)13/h5-8,14H,3-4,9H2,1-2H3. The summed E-state index contributed by atoms with van der Waals surface area (Å²) < 4.78 is 6.50. The second-order valence-electron chi connectivity index (χ2n) is 3.65. The van der Waals surface area contributed by atoms with Crippen LogP contribution in [0.1, 0.15) is 26.7 Å². The number of ether oxygens (including phenoxy) is 1. The lowest BCUT2D eigenvalue weighted by molar-refractivity contribution is -0.0115. The van der Waals surface area contributed by atoms with Gasteiger partial charge in [-0.2, -0.15) is 0 Å². The highest BCUT2D eigenvalue weighted by Gasteiger charge is 2.23. The summed E-state index contributed by atoms with van der Waals surface area (Å²) in [6.45, 7) is 4.27. The fourth-order valence-corrected chi connectivity index (χ4v) is 1.63. The Balaban J connectivity index is 2.61. The summed E-state index contributed by atoms with van der Waals surface area (Å²) >= 11 is 3.40. The third kappa shape index (κ3) is 3.50. The van der Waals surface area contributed by atoms with Gasteiger partial charge >= 0.3 is 0 Å². The van der Waals surface area contributed by atoms with Crippen molar-refractivity contribution in [1.82, 2.24) is 0 Å². The number of benzene rings is 1. The lowest BCUT2D eigenvalue weighted by atomic mass is 9.99. The highest BCUT2D eigenvalue weighted by atomic mass is 79.9. The Morgan fingerprint density at radius 1 is 1.27 bits per heavy atom. The summed E-state index contributed by atoms with van der Waals surface area (Å²) in [7, 11) is 0. The first-order valence-corrected chi connectivity index (χ1v) is 6.00. The number of aliphatic hydroxyl groups is 1. The number of halogens is 1. The highest BCUT2D eigenvalue weighted by molar-refractivity contribution is 9.10. The van der Waals surface area contributed by atoms with E-state index < -0.39 is 5.60 Å². The van der Waals surface area contributed by atoms with E-state index in [0.29, 0.717) is 19.4 Å². The maximum absolute atomic E-state index is 10.0. The maximum atomic E-state index is 10.0. The number of hydrogen-bond donors (Lipinski definition) is 1. The molecule has 2 nitrogen and oxygen atoms in total. The van der Waals surface area contributed by atoms with Crippen LogP contribution in [0.5, 0.6) is 5.75 Å². The molecule has 0 aromatic heterocycles. The molecule has 0 unspecified atom stereocenters. The highest BCUT2D eigenvalue weighted by Crippen LogP contribution is 2.25. The van der Waals surface area contributed by atoms with Gasteiger partial charge in [-0.3, -0.25) is 0 Å². The van der Waals surface area contributed by atoms with Gasteiger partial charge in [-0.25, -0.2) is 0 Å². The van der Waals surface area contributed by atoms with Crippen molar-refractivity contribution >= 4 is 15.9 Å². The Kier molecular flexibility index (Phi) is 4.61. The molecule has 0 saturated carbocycles. The predicted molar refractivity (Wildman–Crippen MR) is 65.2 cm³/mol. The second kappa shape index (κ2) is 5.52. The summed E-state index contributed by atoms with van der Waals surface area (Å²) in [5, 5.41) is 10.0. The molecule has 0 aliphatic heterocycles. The molecular formula is C12H17BrO2. The lowest BCUT2D eigenvalue weighted by Crippen LogP contribution is -2.34. The van der Waals surface area contributed by atoms with Gasteiger partial charge in [-0.05, 0) is 40.9 Å². The summed E-state index contributed by atoms with van der Waals surface area (Å²) in [4.78, 5) is 0. The second-order valence-corrected chi connectivity index (χ2v) is 4.50. The molecule has 15 heavy (non-hydrogen) atoms. The van der Waals surface area contributed by atoms with Crippen molar-refractivity contribution in [2.75, 3.05) is 6.61 Å². The van der Waals surface area contributed by atoms with Gasteiger partial charge < -0.3 is 9.84 Å². The van der Waals surface area contributed by atoms with Crippen molar-refractivity contribution in [3.05, 3.63) is 28.7 Å². The van der Waals surface area contributed by atoms with Gasteiger partial charge in [0.15, 0.2) is 0 Å². The van der Waals surface area contributed by atoms with Crippen molar-refractivity contribution < 1.29 is 9.84 Å². The first-order valence-electron chi connectivity index (χ1n) is 5.21. The van der Waals surface area contributed by atoms with Gasteiger partial charge in [0.2, 0.25) is 0 Å². The van der Waals surface area contributed by atoms with Crippen LogP contribution in [0.2, 0.25) is 0 Å². The van der Waals surface area contributed by atoms with Gasteiger partial charge in [0.1, 0.15) is 12.4 Å². The number of hydrogen-bond acceptors (Lipinski definition) is 2. The Labute approximate surface area is 99.4 Å². The molecule has 0 saturated heterocycles. The van der Waals surface area contributed by atoms with Crippen LogP contribution in [-0.2, 0) is 0 Å². The van der Waals surface area contributed by atoms with Crippen molar-refractivity contribution in [3.8, 4) is 5.75 Å². The Morgan fingerprint density at radius 2 is 1.87 bits per heavy atom. The van der Waals surface area contributed by atoms with E-state index in [1.54, 1.807) is 0 Å². The number of rotatable bonds is 5. The van der Waals surface area contributed by atoms with Gasteiger partial charge in [0, 0.05) is 0 Å². The van der Waals surface area contributed by atoms with E-state index in [1.807, 2.05) is 38.1 Å². The van der Waals surface area contributed by atoms with Crippen LogP contribution >= 0.6 is 15.9 Å². The van der Waals surface area contributed by atoms with Crippen LogP contribution in [0.25, 0.3) is 0 Å². The Hall–Kier alpha value is -0.540. The molecule has 1 aromatic rings. The van der Waals surface area contributed by atoms with E-state index in [4.69, 9.17) is 4.74 Å². The average molecular weight is 273 g/mol.